The number of thioether (sulfide) groups is 1. The number of anilines is 1. The Balaban J connectivity index is 1.69. The largest absolute Gasteiger partial charge is 0.324 e. The molecule has 2 heterocycles. The van der Waals surface area contributed by atoms with Crippen molar-refractivity contribution in [1.82, 2.24) is 10.2 Å². The first kappa shape index (κ1) is 16.3. The standard InChI is InChI=1S/C17H23N3O2S/c1-3-18-10-12-5-4-6-13(9-12)19-16(22)14-11-23-17(2)8-7-15(21)20(14)17/h4-6,9,14,18H,3,7-8,10-11H2,1-2H3,(H,19,22). The summed E-state index contributed by atoms with van der Waals surface area (Å²) >= 11 is 1.71. The van der Waals surface area contributed by atoms with Gasteiger partial charge in [0.05, 0.1) is 4.87 Å². The zero-order chi connectivity index (χ0) is 16.4. The second-order valence-electron chi connectivity index (χ2n) is 6.24. The fraction of sp³-hybridized carbons (Fsp3) is 0.529. The molecule has 2 aliphatic rings. The molecule has 23 heavy (non-hydrogen) atoms. The Kier molecular flexibility index (Phi) is 4.64. The summed E-state index contributed by atoms with van der Waals surface area (Å²) in [5.74, 6) is 0.682. The van der Waals surface area contributed by atoms with Crippen LogP contribution in [-0.2, 0) is 16.1 Å². The topological polar surface area (TPSA) is 61.4 Å². The maximum Gasteiger partial charge on any atom is 0.248 e. The first-order valence-electron chi connectivity index (χ1n) is 8.10. The van der Waals surface area contributed by atoms with Gasteiger partial charge < -0.3 is 15.5 Å². The molecule has 2 saturated heterocycles. The molecule has 1 aromatic rings. The highest BCUT2D eigenvalue weighted by atomic mass is 32.2. The number of amides is 2. The Labute approximate surface area is 141 Å². The number of benzene rings is 1. The minimum Gasteiger partial charge on any atom is -0.324 e. The number of fused-ring (bicyclic) bond motifs is 1. The molecular formula is C17H23N3O2S. The molecule has 2 atom stereocenters. The predicted octanol–water partition coefficient (Wildman–Crippen LogP) is 2.19. The molecule has 6 heteroatoms. The number of hydrogen-bond donors (Lipinski definition) is 2. The lowest BCUT2D eigenvalue weighted by molar-refractivity contribution is -0.135. The van der Waals surface area contributed by atoms with Gasteiger partial charge in [0, 0.05) is 24.4 Å². The van der Waals surface area contributed by atoms with E-state index in [-0.39, 0.29) is 22.7 Å². The molecule has 5 nitrogen and oxygen atoms in total. The van der Waals surface area contributed by atoms with Crippen molar-refractivity contribution in [2.75, 3.05) is 17.6 Å². The van der Waals surface area contributed by atoms with E-state index in [0.29, 0.717) is 12.2 Å². The molecule has 0 saturated carbocycles. The van der Waals surface area contributed by atoms with E-state index in [0.717, 1.165) is 30.8 Å². The first-order valence-corrected chi connectivity index (χ1v) is 9.09. The molecule has 0 aromatic heterocycles. The monoisotopic (exact) mass is 333 g/mol. The summed E-state index contributed by atoms with van der Waals surface area (Å²) in [5, 5.41) is 6.25. The second-order valence-corrected chi connectivity index (χ2v) is 7.74. The van der Waals surface area contributed by atoms with Crippen LogP contribution in [0.4, 0.5) is 5.69 Å². The average molecular weight is 333 g/mol. The van der Waals surface area contributed by atoms with Gasteiger partial charge in [0.2, 0.25) is 11.8 Å². The van der Waals surface area contributed by atoms with Crippen LogP contribution in [0.25, 0.3) is 0 Å². The number of hydrogen-bond acceptors (Lipinski definition) is 4. The van der Waals surface area contributed by atoms with E-state index in [1.165, 1.54) is 0 Å². The quantitative estimate of drug-likeness (QED) is 0.867. The molecule has 0 radical (unpaired) electrons. The van der Waals surface area contributed by atoms with Crippen LogP contribution in [0.3, 0.4) is 0 Å². The maximum atomic E-state index is 12.6. The van der Waals surface area contributed by atoms with Crippen molar-refractivity contribution in [2.45, 2.75) is 44.1 Å². The van der Waals surface area contributed by atoms with Crippen LogP contribution in [0, 0.1) is 0 Å². The van der Waals surface area contributed by atoms with Gasteiger partial charge in [-0.1, -0.05) is 19.1 Å². The van der Waals surface area contributed by atoms with E-state index < -0.39 is 0 Å². The van der Waals surface area contributed by atoms with Gasteiger partial charge >= 0.3 is 0 Å². The first-order chi connectivity index (χ1) is 11.0. The highest BCUT2D eigenvalue weighted by Gasteiger charge is 2.52. The highest BCUT2D eigenvalue weighted by Crippen LogP contribution is 2.47. The molecule has 2 fully saturated rings. The van der Waals surface area contributed by atoms with Gasteiger partial charge in [-0.05, 0) is 37.6 Å². The summed E-state index contributed by atoms with van der Waals surface area (Å²) in [6.45, 7) is 5.81. The molecule has 0 aliphatic carbocycles. The second kappa shape index (κ2) is 6.53. The van der Waals surface area contributed by atoms with Crippen LogP contribution < -0.4 is 10.6 Å². The zero-order valence-electron chi connectivity index (χ0n) is 13.6. The summed E-state index contributed by atoms with van der Waals surface area (Å²) in [6, 6.07) is 7.48. The minimum atomic E-state index is -0.363. The smallest absolute Gasteiger partial charge is 0.248 e. The van der Waals surface area contributed by atoms with Crippen LogP contribution in [0.15, 0.2) is 24.3 Å². The summed E-state index contributed by atoms with van der Waals surface area (Å²) in [4.78, 5) is 26.3. The summed E-state index contributed by atoms with van der Waals surface area (Å²) in [5.41, 5.74) is 1.92. The van der Waals surface area contributed by atoms with Crippen LogP contribution >= 0.6 is 11.8 Å². The van der Waals surface area contributed by atoms with E-state index in [2.05, 4.69) is 24.5 Å². The Bertz CT molecular complexity index is 622. The van der Waals surface area contributed by atoms with Crippen LogP contribution in [-0.4, -0.2) is 39.9 Å². The third-order valence-corrected chi connectivity index (χ3v) is 6.03. The van der Waals surface area contributed by atoms with Gasteiger partial charge in [-0.3, -0.25) is 9.59 Å². The Morgan fingerprint density at radius 2 is 2.30 bits per heavy atom. The number of carbonyl (C=O) groups is 2. The number of nitrogens with one attached hydrogen (secondary N) is 2. The van der Waals surface area contributed by atoms with Crippen molar-refractivity contribution in [1.29, 1.82) is 0 Å². The third kappa shape index (κ3) is 3.23. The Hall–Kier alpha value is -1.53. The van der Waals surface area contributed by atoms with Crippen LogP contribution in [0.2, 0.25) is 0 Å². The van der Waals surface area contributed by atoms with Gasteiger partial charge in [-0.15, -0.1) is 11.8 Å². The Morgan fingerprint density at radius 1 is 1.48 bits per heavy atom. The normalized spacial score (nSPS) is 26.4. The zero-order valence-corrected chi connectivity index (χ0v) is 14.4. The molecular weight excluding hydrogens is 310 g/mol. The third-order valence-electron chi connectivity index (χ3n) is 4.52. The van der Waals surface area contributed by atoms with Crippen LogP contribution in [0.1, 0.15) is 32.3 Å². The van der Waals surface area contributed by atoms with Crippen molar-refractivity contribution in [3.05, 3.63) is 29.8 Å². The lowest BCUT2D eigenvalue weighted by atomic mass is 10.1. The van der Waals surface area contributed by atoms with E-state index in [4.69, 9.17) is 0 Å². The summed E-state index contributed by atoms with van der Waals surface area (Å²) in [6.07, 6.45) is 1.38. The van der Waals surface area contributed by atoms with E-state index in [1.54, 1.807) is 16.7 Å². The molecule has 124 valence electrons. The number of carbonyl (C=O) groups excluding carboxylic acids is 2. The van der Waals surface area contributed by atoms with Crippen molar-refractivity contribution < 1.29 is 9.59 Å². The molecule has 2 aliphatic heterocycles. The molecule has 2 unspecified atom stereocenters. The van der Waals surface area contributed by atoms with Crippen molar-refractivity contribution in [2.24, 2.45) is 0 Å². The van der Waals surface area contributed by atoms with Crippen LogP contribution in [0.5, 0.6) is 0 Å². The van der Waals surface area contributed by atoms with Gasteiger partial charge in [0.1, 0.15) is 6.04 Å². The molecule has 0 bridgehead atoms. The van der Waals surface area contributed by atoms with Crippen molar-refractivity contribution in [3.8, 4) is 0 Å². The lowest BCUT2D eigenvalue weighted by Crippen LogP contribution is -2.48. The summed E-state index contributed by atoms with van der Waals surface area (Å²) in [7, 11) is 0. The lowest BCUT2D eigenvalue weighted by Gasteiger charge is -2.29. The molecule has 2 amide bonds. The minimum absolute atomic E-state index is 0.0860. The maximum absolute atomic E-state index is 12.6. The predicted molar refractivity (Wildman–Crippen MR) is 93.2 cm³/mol. The molecule has 2 N–H and O–H groups in total. The van der Waals surface area contributed by atoms with Gasteiger partial charge in [-0.2, -0.15) is 0 Å². The summed E-state index contributed by atoms with van der Waals surface area (Å²) < 4.78 is 0. The number of rotatable bonds is 5. The van der Waals surface area contributed by atoms with E-state index in [1.807, 2.05) is 24.3 Å². The van der Waals surface area contributed by atoms with Gasteiger partial charge in [-0.25, -0.2) is 0 Å². The van der Waals surface area contributed by atoms with Gasteiger partial charge in [0.15, 0.2) is 0 Å². The van der Waals surface area contributed by atoms with Crippen molar-refractivity contribution >= 4 is 29.3 Å². The van der Waals surface area contributed by atoms with E-state index >= 15 is 0 Å². The molecule has 3 rings (SSSR count). The van der Waals surface area contributed by atoms with E-state index in [9.17, 15) is 9.59 Å². The SMILES string of the molecule is CCNCc1cccc(NC(=O)C2CSC3(C)CCC(=O)N23)c1. The Morgan fingerprint density at radius 3 is 3.09 bits per heavy atom. The molecule has 0 spiro atoms. The fourth-order valence-corrected chi connectivity index (χ4v) is 4.70. The van der Waals surface area contributed by atoms with Gasteiger partial charge in [0.25, 0.3) is 0 Å². The fourth-order valence-electron chi connectivity index (χ4n) is 3.27. The van der Waals surface area contributed by atoms with Crippen molar-refractivity contribution in [3.63, 3.8) is 0 Å². The number of nitrogens with zero attached hydrogens (tertiary/aromatic N) is 1. The highest BCUT2D eigenvalue weighted by molar-refractivity contribution is 8.01. The average Bonchev–Trinajstić information content (AvgIpc) is 3.02. The molecule has 1 aromatic carbocycles.